The molecule has 232 valence electrons. The van der Waals surface area contributed by atoms with Crippen LogP contribution in [-0.2, 0) is 59.8 Å². The van der Waals surface area contributed by atoms with Crippen LogP contribution in [-0.4, -0.2) is 75.2 Å². The number of carbonyl (C=O) groups excluding carboxylic acids is 4. The molecule has 13 heteroatoms. The van der Waals surface area contributed by atoms with Crippen LogP contribution in [0.2, 0.25) is 0 Å². The molecule has 4 rings (SSSR count). The molecule has 0 radical (unpaired) electrons. The molecule has 5 atom stereocenters. The summed E-state index contributed by atoms with van der Waals surface area (Å²) in [5, 5.41) is 0. The maximum Gasteiger partial charge on any atom is 0.303 e. The Hall–Kier alpha value is -3.68. The van der Waals surface area contributed by atoms with Crippen LogP contribution in [0.3, 0.4) is 0 Å². The Morgan fingerprint density at radius 3 is 2.12 bits per heavy atom. The van der Waals surface area contributed by atoms with Crippen LogP contribution >= 0.6 is 15.9 Å². The number of rotatable bonds is 9. The second kappa shape index (κ2) is 13.7. The summed E-state index contributed by atoms with van der Waals surface area (Å²) in [5.74, 6) is -3.41. The Bertz CT molecular complexity index is 1380. The zero-order valence-corrected chi connectivity index (χ0v) is 26.0. The molecule has 1 saturated heterocycles. The number of benzene rings is 2. The number of halogens is 1. The lowest BCUT2D eigenvalue weighted by molar-refractivity contribution is -0.367. The molecule has 0 spiro atoms. The van der Waals surface area contributed by atoms with E-state index in [2.05, 4.69) is 15.9 Å². The minimum atomic E-state index is -1.89. The Balaban J connectivity index is 1.82. The summed E-state index contributed by atoms with van der Waals surface area (Å²) < 4.78 is 46.5. The third-order valence-electron chi connectivity index (χ3n) is 6.79. The van der Waals surface area contributed by atoms with E-state index in [0.29, 0.717) is 36.7 Å². The van der Waals surface area contributed by atoms with Crippen molar-refractivity contribution in [1.29, 1.82) is 0 Å². The molecule has 0 bridgehead atoms. The molecular formula is C30H33BrO12. The fourth-order valence-corrected chi connectivity index (χ4v) is 5.51. The number of hydrogen-bond donors (Lipinski definition) is 0. The van der Waals surface area contributed by atoms with Gasteiger partial charge in [-0.3, -0.25) is 19.2 Å². The summed E-state index contributed by atoms with van der Waals surface area (Å²) in [4.78, 5) is 48.5. The van der Waals surface area contributed by atoms with Crippen LogP contribution in [0, 0.1) is 0 Å². The van der Waals surface area contributed by atoms with Crippen molar-refractivity contribution in [2.75, 3.05) is 26.9 Å². The maximum atomic E-state index is 12.4. The Morgan fingerprint density at radius 1 is 0.837 bits per heavy atom. The first kappa shape index (κ1) is 32.2. The predicted octanol–water partition coefficient (Wildman–Crippen LogP) is 3.37. The second-order valence-electron chi connectivity index (χ2n) is 9.97. The van der Waals surface area contributed by atoms with Crippen LogP contribution in [0.25, 0.3) is 0 Å². The van der Waals surface area contributed by atoms with Crippen LogP contribution in [0.15, 0.2) is 40.9 Å². The Kier molecular flexibility index (Phi) is 10.3. The highest BCUT2D eigenvalue weighted by atomic mass is 79.9. The van der Waals surface area contributed by atoms with Gasteiger partial charge in [-0.05, 0) is 41.8 Å². The lowest BCUT2D eigenvalue weighted by Gasteiger charge is -2.50. The van der Waals surface area contributed by atoms with Gasteiger partial charge in [0.15, 0.2) is 23.7 Å². The van der Waals surface area contributed by atoms with Crippen LogP contribution in [0.4, 0.5) is 0 Å². The van der Waals surface area contributed by atoms with Crippen molar-refractivity contribution >= 4 is 39.8 Å². The summed E-state index contributed by atoms with van der Waals surface area (Å²) >= 11 is 3.61. The number of carbonyl (C=O) groups is 4. The number of hydrogen-bond acceptors (Lipinski definition) is 12. The van der Waals surface area contributed by atoms with E-state index >= 15 is 0 Å². The van der Waals surface area contributed by atoms with Crippen molar-refractivity contribution in [2.45, 2.75) is 64.3 Å². The Morgan fingerprint density at radius 2 is 1.49 bits per heavy atom. The minimum absolute atomic E-state index is 0.385. The van der Waals surface area contributed by atoms with E-state index in [1.54, 1.807) is 18.2 Å². The SMILES string of the molecule is COC1(c2ccc(Br)c(Cc3ccc4c(c3)OCCO4)c2)O[C@H](COC(C)=O)[C@H](OC(C)=O)[C@H](OC(C)=O)[C@H]1OC(C)=O. The van der Waals surface area contributed by atoms with Gasteiger partial charge in [-0.15, -0.1) is 0 Å². The molecule has 2 heterocycles. The third-order valence-corrected chi connectivity index (χ3v) is 7.56. The zero-order valence-electron chi connectivity index (χ0n) is 24.4. The average Bonchev–Trinajstić information content (AvgIpc) is 2.95. The maximum absolute atomic E-state index is 12.4. The molecule has 0 amide bonds. The monoisotopic (exact) mass is 664 g/mol. The van der Waals surface area contributed by atoms with Crippen LogP contribution in [0.1, 0.15) is 44.4 Å². The van der Waals surface area contributed by atoms with Crippen LogP contribution < -0.4 is 9.47 Å². The fraction of sp³-hybridized carbons (Fsp3) is 0.467. The van der Waals surface area contributed by atoms with E-state index < -0.39 is 54.1 Å². The van der Waals surface area contributed by atoms with E-state index in [0.717, 1.165) is 29.4 Å². The summed E-state index contributed by atoms with van der Waals surface area (Å²) in [6.45, 7) is 5.24. The van der Waals surface area contributed by atoms with E-state index in [-0.39, 0.29) is 6.61 Å². The van der Waals surface area contributed by atoms with Gasteiger partial charge in [0.25, 0.3) is 0 Å². The zero-order chi connectivity index (χ0) is 31.3. The lowest BCUT2D eigenvalue weighted by Crippen LogP contribution is -2.67. The predicted molar refractivity (Wildman–Crippen MR) is 151 cm³/mol. The smallest absolute Gasteiger partial charge is 0.303 e. The number of fused-ring (bicyclic) bond motifs is 1. The molecule has 2 aromatic carbocycles. The van der Waals surface area contributed by atoms with Crippen LogP contribution in [0.5, 0.6) is 11.5 Å². The molecule has 0 N–H and O–H groups in total. The average molecular weight is 665 g/mol. The van der Waals surface area contributed by atoms with Gasteiger partial charge in [0, 0.05) is 44.8 Å². The first-order valence-corrected chi connectivity index (χ1v) is 14.3. The van der Waals surface area contributed by atoms with Gasteiger partial charge in [0.05, 0.1) is 0 Å². The van der Waals surface area contributed by atoms with E-state index in [9.17, 15) is 19.2 Å². The van der Waals surface area contributed by atoms with Crippen molar-refractivity contribution in [1.82, 2.24) is 0 Å². The number of esters is 4. The van der Waals surface area contributed by atoms with Gasteiger partial charge in [-0.2, -0.15) is 0 Å². The van der Waals surface area contributed by atoms with E-state index in [1.165, 1.54) is 21.0 Å². The van der Waals surface area contributed by atoms with Crippen molar-refractivity contribution in [3.05, 3.63) is 57.6 Å². The van der Waals surface area contributed by atoms with E-state index in [1.807, 2.05) is 18.2 Å². The van der Waals surface area contributed by atoms with Crippen molar-refractivity contribution in [3.63, 3.8) is 0 Å². The molecule has 1 fully saturated rings. The van der Waals surface area contributed by atoms with Gasteiger partial charge in [-0.25, -0.2) is 0 Å². The quantitative estimate of drug-likeness (QED) is 0.286. The van der Waals surface area contributed by atoms with Crippen molar-refractivity contribution in [2.24, 2.45) is 0 Å². The molecule has 12 nitrogen and oxygen atoms in total. The molecule has 43 heavy (non-hydrogen) atoms. The third kappa shape index (κ3) is 7.46. The van der Waals surface area contributed by atoms with Crippen molar-refractivity contribution in [3.8, 4) is 11.5 Å². The highest BCUT2D eigenvalue weighted by Crippen LogP contribution is 2.44. The topological polar surface area (TPSA) is 142 Å². The molecule has 2 aromatic rings. The molecular weight excluding hydrogens is 632 g/mol. The molecule has 2 aliphatic heterocycles. The fourth-order valence-electron chi connectivity index (χ4n) is 5.12. The molecule has 2 aliphatic rings. The Labute approximate surface area is 256 Å². The largest absolute Gasteiger partial charge is 0.486 e. The summed E-state index contributed by atoms with van der Waals surface area (Å²) in [5.41, 5.74) is 2.12. The van der Waals surface area contributed by atoms with Gasteiger partial charge in [-0.1, -0.05) is 28.1 Å². The molecule has 0 aromatic heterocycles. The van der Waals surface area contributed by atoms with Gasteiger partial charge >= 0.3 is 23.9 Å². The van der Waals surface area contributed by atoms with Gasteiger partial charge in [0.1, 0.15) is 25.9 Å². The highest BCUT2D eigenvalue weighted by Gasteiger charge is 2.61. The lowest BCUT2D eigenvalue weighted by atomic mass is 9.86. The summed E-state index contributed by atoms with van der Waals surface area (Å²) in [7, 11) is 1.33. The number of ether oxygens (including phenoxy) is 8. The summed E-state index contributed by atoms with van der Waals surface area (Å²) in [6, 6.07) is 10.9. The van der Waals surface area contributed by atoms with E-state index in [4.69, 9.17) is 37.9 Å². The van der Waals surface area contributed by atoms with Crippen molar-refractivity contribution < 1.29 is 57.1 Å². The second-order valence-corrected chi connectivity index (χ2v) is 10.8. The minimum Gasteiger partial charge on any atom is -0.486 e. The molecule has 0 saturated carbocycles. The first-order chi connectivity index (χ1) is 20.4. The van der Waals surface area contributed by atoms with Gasteiger partial charge in [0.2, 0.25) is 11.9 Å². The highest BCUT2D eigenvalue weighted by molar-refractivity contribution is 9.10. The standard InChI is InChI=1S/C30H33BrO12/c1-16(32)39-15-26-27(40-17(2)33)28(41-18(3)34)29(42-19(4)35)30(36-5,43-26)22-7-8-23(31)21(14-22)12-20-6-9-24-25(13-20)38-11-10-37-24/h6-9,13-14,26-29H,10-12,15H2,1-5H3/t26-,27+,28+,29-,30?/m1/s1. The molecule has 0 aliphatic carbocycles. The normalized spacial score (nSPS) is 24.4. The first-order valence-electron chi connectivity index (χ1n) is 13.5. The summed E-state index contributed by atoms with van der Waals surface area (Å²) in [6.07, 6.45) is -4.90. The molecule has 1 unspecified atom stereocenters. The number of methoxy groups -OCH3 is 1. The van der Waals surface area contributed by atoms with Gasteiger partial charge < -0.3 is 37.9 Å².